The number of hydrogen-bond acceptors (Lipinski definition) is 5. The topological polar surface area (TPSA) is 95.9 Å². The fourth-order valence-electron chi connectivity index (χ4n) is 1.96. The van der Waals surface area contributed by atoms with Crippen molar-refractivity contribution in [3.63, 3.8) is 0 Å². The molecular weight excluding hydrogens is 260 g/mol. The molecule has 2 atom stereocenters. The van der Waals surface area contributed by atoms with Crippen LogP contribution in [0.15, 0.2) is 10.7 Å². The van der Waals surface area contributed by atoms with Crippen molar-refractivity contribution < 1.29 is 24.2 Å². The summed E-state index contributed by atoms with van der Waals surface area (Å²) in [6, 6.07) is 0. The number of rotatable bonds is 4. The van der Waals surface area contributed by atoms with Gasteiger partial charge < -0.3 is 15.2 Å². The van der Waals surface area contributed by atoms with Crippen molar-refractivity contribution >= 4 is 29.5 Å². The first kappa shape index (κ1) is 12.9. The number of carbonyl (C=O) groups excluding carboxylic acids is 2. The van der Waals surface area contributed by atoms with E-state index in [0.717, 1.165) is 0 Å². The molecule has 2 rings (SSSR count). The van der Waals surface area contributed by atoms with Crippen molar-refractivity contribution in [1.29, 1.82) is 0 Å². The van der Waals surface area contributed by atoms with Gasteiger partial charge in [-0.15, -0.1) is 0 Å². The number of carboxylic acids is 1. The third-order valence-electron chi connectivity index (χ3n) is 2.69. The molecular formula is C10H12N2O5S. The van der Waals surface area contributed by atoms with Gasteiger partial charge in [0.05, 0.1) is 12.5 Å². The number of carboxylic acid groups (broad SMARTS) is 1. The number of carbonyl (C=O) groups is 3. The van der Waals surface area contributed by atoms with E-state index in [1.165, 1.54) is 30.7 Å². The predicted molar refractivity (Wildman–Crippen MR) is 62.1 cm³/mol. The van der Waals surface area contributed by atoms with Gasteiger partial charge in [0.1, 0.15) is 10.4 Å². The Bertz CT molecular complexity index is 461. The van der Waals surface area contributed by atoms with Crippen LogP contribution < -0.4 is 5.32 Å². The lowest BCUT2D eigenvalue weighted by molar-refractivity contribution is -0.154. The molecule has 2 amide bonds. The second-order valence-corrected chi connectivity index (χ2v) is 5.07. The molecule has 2 aliphatic rings. The molecule has 0 radical (unpaired) electrons. The SMILES string of the molecule is COCC1C(=O)N2C(C(=O)O)=C(NC(C)=O)S[C@@H]12. The van der Waals surface area contributed by atoms with Crippen LogP contribution in [0.2, 0.25) is 0 Å². The molecule has 8 heteroatoms. The van der Waals surface area contributed by atoms with Crippen molar-refractivity contribution in [3.8, 4) is 0 Å². The fraction of sp³-hybridized carbons (Fsp3) is 0.500. The maximum absolute atomic E-state index is 11.8. The highest BCUT2D eigenvalue weighted by molar-refractivity contribution is 8.04. The summed E-state index contributed by atoms with van der Waals surface area (Å²) in [5.41, 5.74) is -0.155. The standard InChI is InChI=1S/C10H12N2O5S/c1-4(13)11-7-6(10(15)16)12-8(14)5(3-17-2)9(12)18-7/h5,9H,3H2,1-2H3,(H,11,13)(H,15,16)/t5?,9-/m0/s1. The van der Waals surface area contributed by atoms with Crippen LogP contribution in [0, 0.1) is 5.92 Å². The van der Waals surface area contributed by atoms with E-state index in [2.05, 4.69) is 5.32 Å². The second kappa shape index (κ2) is 4.62. The average Bonchev–Trinajstić information content (AvgIpc) is 2.60. The summed E-state index contributed by atoms with van der Waals surface area (Å²) in [5, 5.41) is 11.5. The minimum atomic E-state index is -1.22. The molecule has 0 aromatic heterocycles. The van der Waals surface area contributed by atoms with Crippen LogP contribution in [0.3, 0.4) is 0 Å². The zero-order valence-corrected chi connectivity index (χ0v) is 10.6. The Kier molecular flexibility index (Phi) is 3.31. The molecule has 0 aromatic carbocycles. The van der Waals surface area contributed by atoms with Gasteiger partial charge in [-0.05, 0) is 0 Å². The Morgan fingerprint density at radius 2 is 2.22 bits per heavy atom. The third-order valence-corrected chi connectivity index (χ3v) is 4.00. The van der Waals surface area contributed by atoms with Gasteiger partial charge in [0, 0.05) is 14.0 Å². The van der Waals surface area contributed by atoms with Gasteiger partial charge in [0.2, 0.25) is 11.8 Å². The van der Waals surface area contributed by atoms with E-state index in [9.17, 15) is 14.4 Å². The summed E-state index contributed by atoms with van der Waals surface area (Å²) in [6.45, 7) is 1.53. The molecule has 1 saturated heterocycles. The molecule has 0 aromatic rings. The lowest BCUT2D eigenvalue weighted by Crippen LogP contribution is -2.58. The number of ether oxygens (including phenoxy) is 1. The van der Waals surface area contributed by atoms with Crippen molar-refractivity contribution in [3.05, 3.63) is 10.7 Å². The summed E-state index contributed by atoms with van der Waals surface area (Å²) in [4.78, 5) is 35.2. The Balaban J connectivity index is 2.24. The largest absolute Gasteiger partial charge is 0.476 e. The Morgan fingerprint density at radius 3 is 2.72 bits per heavy atom. The summed E-state index contributed by atoms with van der Waals surface area (Å²) in [7, 11) is 1.48. The van der Waals surface area contributed by atoms with E-state index in [4.69, 9.17) is 9.84 Å². The second-order valence-electron chi connectivity index (χ2n) is 3.94. The number of aliphatic carboxylic acids is 1. The molecule has 1 fully saturated rings. The quantitative estimate of drug-likeness (QED) is 0.673. The molecule has 7 nitrogen and oxygen atoms in total. The maximum atomic E-state index is 11.8. The van der Waals surface area contributed by atoms with Gasteiger partial charge in [0.15, 0.2) is 5.70 Å². The summed E-state index contributed by atoms with van der Waals surface area (Å²) in [6.07, 6.45) is 0. The van der Waals surface area contributed by atoms with Crippen LogP contribution >= 0.6 is 11.8 Å². The van der Waals surface area contributed by atoms with Gasteiger partial charge in [-0.25, -0.2) is 4.79 Å². The highest BCUT2D eigenvalue weighted by atomic mass is 32.2. The number of methoxy groups -OCH3 is 1. The van der Waals surface area contributed by atoms with Crippen LogP contribution in [-0.4, -0.2) is 46.9 Å². The van der Waals surface area contributed by atoms with Crippen molar-refractivity contribution in [1.82, 2.24) is 10.2 Å². The lowest BCUT2D eigenvalue weighted by atomic mass is 9.98. The van der Waals surface area contributed by atoms with E-state index in [-0.39, 0.29) is 40.4 Å². The van der Waals surface area contributed by atoms with Gasteiger partial charge >= 0.3 is 5.97 Å². The molecule has 98 valence electrons. The molecule has 1 unspecified atom stereocenters. The average molecular weight is 272 g/mol. The number of nitrogens with zero attached hydrogens (tertiary/aromatic N) is 1. The highest BCUT2D eigenvalue weighted by Gasteiger charge is 2.56. The lowest BCUT2D eigenvalue weighted by Gasteiger charge is -2.41. The molecule has 0 bridgehead atoms. The van der Waals surface area contributed by atoms with Crippen molar-refractivity contribution in [2.45, 2.75) is 12.3 Å². The summed E-state index contributed by atoms with van der Waals surface area (Å²) in [5.74, 6) is -2.24. The molecule has 2 heterocycles. The Morgan fingerprint density at radius 1 is 1.56 bits per heavy atom. The molecule has 0 aliphatic carbocycles. The van der Waals surface area contributed by atoms with E-state index < -0.39 is 5.97 Å². The van der Waals surface area contributed by atoms with Crippen LogP contribution in [0.5, 0.6) is 0 Å². The zero-order valence-electron chi connectivity index (χ0n) is 9.80. The van der Waals surface area contributed by atoms with Crippen LogP contribution in [-0.2, 0) is 19.1 Å². The fourth-order valence-corrected chi connectivity index (χ4v) is 3.38. The highest BCUT2D eigenvalue weighted by Crippen LogP contribution is 2.48. The molecule has 18 heavy (non-hydrogen) atoms. The van der Waals surface area contributed by atoms with Crippen molar-refractivity contribution in [2.24, 2.45) is 5.92 Å². The number of thioether (sulfide) groups is 1. The molecule has 0 spiro atoms. The number of fused-ring (bicyclic) bond motifs is 1. The first-order chi connectivity index (χ1) is 8.47. The molecule has 2 N–H and O–H groups in total. The summed E-state index contributed by atoms with van der Waals surface area (Å²) < 4.78 is 4.92. The first-order valence-electron chi connectivity index (χ1n) is 5.21. The van der Waals surface area contributed by atoms with Gasteiger partial charge in [-0.2, -0.15) is 0 Å². The predicted octanol–water partition coefficient (Wildman–Crippen LogP) is -0.446. The number of amides is 2. The van der Waals surface area contributed by atoms with E-state index in [1.807, 2.05) is 0 Å². The van der Waals surface area contributed by atoms with Gasteiger partial charge in [-0.3, -0.25) is 14.5 Å². The number of β-lactam (4-membered cyclic amide) rings is 1. The number of nitrogens with one attached hydrogen (secondary N) is 1. The minimum absolute atomic E-state index is 0.155. The Labute approximate surface area is 107 Å². The van der Waals surface area contributed by atoms with Gasteiger partial charge in [-0.1, -0.05) is 11.8 Å². The van der Waals surface area contributed by atoms with Crippen molar-refractivity contribution in [2.75, 3.05) is 13.7 Å². The normalized spacial score (nSPS) is 25.9. The van der Waals surface area contributed by atoms with E-state index >= 15 is 0 Å². The van der Waals surface area contributed by atoms with E-state index in [0.29, 0.717) is 0 Å². The molecule has 2 aliphatic heterocycles. The molecule has 0 saturated carbocycles. The smallest absolute Gasteiger partial charge is 0.355 e. The van der Waals surface area contributed by atoms with E-state index in [1.54, 1.807) is 0 Å². The Hall–Kier alpha value is -1.54. The summed E-state index contributed by atoms with van der Waals surface area (Å²) >= 11 is 1.17. The number of hydrogen-bond donors (Lipinski definition) is 2. The van der Waals surface area contributed by atoms with Gasteiger partial charge in [0.25, 0.3) is 0 Å². The van der Waals surface area contributed by atoms with Crippen LogP contribution in [0.25, 0.3) is 0 Å². The van der Waals surface area contributed by atoms with Crippen LogP contribution in [0.1, 0.15) is 6.92 Å². The zero-order chi connectivity index (χ0) is 13.4. The maximum Gasteiger partial charge on any atom is 0.355 e. The minimum Gasteiger partial charge on any atom is -0.476 e. The third kappa shape index (κ3) is 1.87. The first-order valence-corrected chi connectivity index (χ1v) is 6.09. The van der Waals surface area contributed by atoms with Crippen LogP contribution in [0.4, 0.5) is 0 Å². The monoisotopic (exact) mass is 272 g/mol.